The van der Waals surface area contributed by atoms with Gasteiger partial charge < -0.3 is 15.5 Å². The molecule has 0 atom stereocenters. The second kappa shape index (κ2) is 11.7. The number of nitrogens with one attached hydrogen (secondary N) is 2. The second-order valence-corrected chi connectivity index (χ2v) is 6.61. The monoisotopic (exact) mass is 526 g/mol. The van der Waals surface area contributed by atoms with E-state index in [1.54, 1.807) is 12.1 Å². The zero-order valence-corrected chi connectivity index (χ0v) is 18.3. The van der Waals surface area contributed by atoms with Gasteiger partial charge in [0.1, 0.15) is 5.82 Å². The molecule has 1 aliphatic rings. The largest absolute Gasteiger partial charge is 0.357 e. The van der Waals surface area contributed by atoms with E-state index >= 15 is 0 Å². The van der Waals surface area contributed by atoms with Crippen molar-refractivity contribution in [1.82, 2.24) is 15.5 Å². The van der Waals surface area contributed by atoms with Crippen molar-refractivity contribution in [2.24, 2.45) is 4.99 Å². The molecule has 1 fully saturated rings. The summed E-state index contributed by atoms with van der Waals surface area (Å²) >= 11 is 3.25. The summed E-state index contributed by atoms with van der Waals surface area (Å²) < 4.78 is 14.5. The highest BCUT2D eigenvalue weighted by Gasteiger charge is 2.18. The zero-order valence-electron chi connectivity index (χ0n) is 14.4. The Morgan fingerprint density at radius 3 is 2.84 bits per heavy atom. The number of amides is 1. The molecule has 0 spiro atoms. The van der Waals surface area contributed by atoms with E-state index in [1.807, 2.05) is 11.8 Å². The lowest BCUT2D eigenvalue weighted by Crippen LogP contribution is -2.39. The third kappa shape index (κ3) is 7.47. The van der Waals surface area contributed by atoms with Gasteiger partial charge in [-0.1, -0.05) is 22.0 Å². The fourth-order valence-corrected chi connectivity index (χ4v) is 2.91. The fourth-order valence-electron chi connectivity index (χ4n) is 2.57. The Hall–Kier alpha value is -0.900. The molecule has 140 valence electrons. The van der Waals surface area contributed by atoms with Crippen LogP contribution in [0, 0.1) is 5.82 Å². The quantitative estimate of drug-likeness (QED) is 0.248. The summed E-state index contributed by atoms with van der Waals surface area (Å²) in [5.74, 6) is 0.644. The van der Waals surface area contributed by atoms with Gasteiger partial charge in [-0.2, -0.15) is 0 Å². The molecular weight excluding hydrogens is 502 g/mol. The maximum Gasteiger partial charge on any atom is 0.222 e. The molecule has 1 aromatic carbocycles. The highest BCUT2D eigenvalue weighted by Crippen LogP contribution is 2.15. The van der Waals surface area contributed by atoms with Gasteiger partial charge in [-0.3, -0.25) is 4.79 Å². The molecule has 0 saturated carbocycles. The van der Waals surface area contributed by atoms with Gasteiger partial charge in [-0.05, 0) is 31.9 Å². The van der Waals surface area contributed by atoms with Crippen LogP contribution >= 0.6 is 39.9 Å². The lowest BCUT2D eigenvalue weighted by molar-refractivity contribution is -0.127. The van der Waals surface area contributed by atoms with Gasteiger partial charge in [-0.15, -0.1) is 24.0 Å². The highest BCUT2D eigenvalue weighted by atomic mass is 127. The molecule has 1 saturated heterocycles. The molecule has 0 aromatic heterocycles. The molecule has 0 unspecified atom stereocenters. The standard InChI is InChI=1S/C17H24BrFN4O.HI/c1-2-20-17(21-8-4-10-23-9-3-5-16(23)24)22-12-13-6-7-14(18)11-15(13)19;/h6-7,11H,2-5,8-10,12H2,1H3,(H2,20,21,22);1H. The summed E-state index contributed by atoms with van der Waals surface area (Å²) in [6, 6.07) is 4.98. The average molecular weight is 527 g/mol. The molecule has 0 radical (unpaired) electrons. The van der Waals surface area contributed by atoms with E-state index in [2.05, 4.69) is 31.6 Å². The van der Waals surface area contributed by atoms with Gasteiger partial charge in [0.2, 0.25) is 5.91 Å². The average Bonchev–Trinajstić information content (AvgIpc) is 2.95. The SMILES string of the molecule is CCNC(=NCc1ccc(Br)cc1F)NCCCN1CCCC1=O.I. The number of hydrogen-bond acceptors (Lipinski definition) is 2. The summed E-state index contributed by atoms with van der Waals surface area (Å²) in [5, 5.41) is 6.38. The van der Waals surface area contributed by atoms with Gasteiger partial charge in [0.15, 0.2) is 5.96 Å². The van der Waals surface area contributed by atoms with Crippen LogP contribution in [0.4, 0.5) is 4.39 Å². The van der Waals surface area contributed by atoms with E-state index in [4.69, 9.17) is 0 Å². The maximum atomic E-state index is 13.8. The molecule has 0 aliphatic carbocycles. The first-order valence-corrected chi connectivity index (χ1v) is 9.13. The topological polar surface area (TPSA) is 56.7 Å². The number of likely N-dealkylation sites (tertiary alicyclic amines) is 1. The zero-order chi connectivity index (χ0) is 17.4. The number of halogens is 3. The van der Waals surface area contributed by atoms with Crippen LogP contribution in [-0.4, -0.2) is 42.9 Å². The first-order chi connectivity index (χ1) is 11.6. The molecule has 0 bridgehead atoms. The Morgan fingerprint density at radius 1 is 1.40 bits per heavy atom. The minimum atomic E-state index is -0.267. The van der Waals surface area contributed by atoms with Gasteiger partial charge in [0.25, 0.3) is 0 Å². The van der Waals surface area contributed by atoms with Crippen molar-refractivity contribution in [2.45, 2.75) is 32.7 Å². The Morgan fingerprint density at radius 2 is 2.20 bits per heavy atom. The highest BCUT2D eigenvalue weighted by molar-refractivity contribution is 14.0. The van der Waals surface area contributed by atoms with Gasteiger partial charge in [-0.25, -0.2) is 9.38 Å². The number of carbonyl (C=O) groups excluding carboxylic acids is 1. The minimum Gasteiger partial charge on any atom is -0.357 e. The van der Waals surface area contributed by atoms with E-state index in [9.17, 15) is 9.18 Å². The number of carbonyl (C=O) groups is 1. The molecule has 5 nitrogen and oxygen atoms in total. The van der Waals surface area contributed by atoms with Gasteiger partial charge in [0, 0.05) is 42.6 Å². The van der Waals surface area contributed by atoms with Crippen LogP contribution in [0.2, 0.25) is 0 Å². The maximum absolute atomic E-state index is 13.8. The summed E-state index contributed by atoms with van der Waals surface area (Å²) in [6.07, 6.45) is 2.51. The van der Waals surface area contributed by atoms with Crippen molar-refractivity contribution in [3.8, 4) is 0 Å². The normalized spacial score (nSPS) is 14.4. The second-order valence-electron chi connectivity index (χ2n) is 5.70. The number of benzene rings is 1. The van der Waals surface area contributed by atoms with Crippen molar-refractivity contribution in [3.05, 3.63) is 34.1 Å². The van der Waals surface area contributed by atoms with E-state index < -0.39 is 0 Å². The molecular formula is C17H25BrFIN4O. The smallest absolute Gasteiger partial charge is 0.222 e. The molecule has 1 aromatic rings. The lowest BCUT2D eigenvalue weighted by Gasteiger charge is -2.16. The Bertz CT molecular complexity index is 600. The molecule has 8 heteroatoms. The number of hydrogen-bond donors (Lipinski definition) is 2. The Labute approximate surface area is 174 Å². The van der Waals surface area contributed by atoms with Crippen LogP contribution in [0.15, 0.2) is 27.7 Å². The van der Waals surface area contributed by atoms with Crippen molar-refractivity contribution >= 4 is 51.8 Å². The molecule has 2 N–H and O–H groups in total. The Balaban J connectivity index is 0.00000312. The summed E-state index contributed by atoms with van der Waals surface area (Å²) in [5.41, 5.74) is 0.554. The van der Waals surface area contributed by atoms with Crippen molar-refractivity contribution in [2.75, 3.05) is 26.2 Å². The van der Waals surface area contributed by atoms with Gasteiger partial charge in [0.05, 0.1) is 6.54 Å². The first-order valence-electron chi connectivity index (χ1n) is 8.34. The number of rotatable bonds is 7. The predicted octanol–water partition coefficient (Wildman–Crippen LogP) is 3.27. The molecule has 1 amide bonds. The third-order valence-electron chi connectivity index (χ3n) is 3.84. The van der Waals surface area contributed by atoms with Crippen molar-refractivity contribution in [3.63, 3.8) is 0 Å². The van der Waals surface area contributed by atoms with Crippen LogP contribution in [0.3, 0.4) is 0 Å². The number of aliphatic imine (C=N–C) groups is 1. The van der Waals surface area contributed by atoms with E-state index in [1.165, 1.54) is 6.07 Å². The lowest BCUT2D eigenvalue weighted by atomic mass is 10.2. The first kappa shape index (κ1) is 22.1. The van der Waals surface area contributed by atoms with Crippen molar-refractivity contribution < 1.29 is 9.18 Å². The van der Waals surface area contributed by atoms with Crippen LogP contribution in [0.25, 0.3) is 0 Å². The van der Waals surface area contributed by atoms with Crippen molar-refractivity contribution in [1.29, 1.82) is 0 Å². The van der Waals surface area contributed by atoms with Crippen LogP contribution in [0.5, 0.6) is 0 Å². The molecule has 25 heavy (non-hydrogen) atoms. The number of guanidine groups is 1. The predicted molar refractivity (Wildman–Crippen MR) is 113 cm³/mol. The molecule has 2 rings (SSSR count). The molecule has 1 heterocycles. The van der Waals surface area contributed by atoms with E-state index in [0.29, 0.717) is 22.4 Å². The summed E-state index contributed by atoms with van der Waals surface area (Å²) in [6.45, 7) is 5.36. The Kier molecular flexibility index (Phi) is 10.3. The summed E-state index contributed by atoms with van der Waals surface area (Å²) in [7, 11) is 0. The van der Waals surface area contributed by atoms with E-state index in [0.717, 1.165) is 39.0 Å². The fraction of sp³-hybridized carbons (Fsp3) is 0.529. The van der Waals surface area contributed by atoms with E-state index in [-0.39, 0.29) is 42.2 Å². The van der Waals surface area contributed by atoms with Crippen LogP contribution in [0.1, 0.15) is 31.7 Å². The molecule has 1 aliphatic heterocycles. The minimum absolute atomic E-state index is 0. The van der Waals surface area contributed by atoms with Crippen LogP contribution < -0.4 is 10.6 Å². The van der Waals surface area contributed by atoms with Crippen LogP contribution in [-0.2, 0) is 11.3 Å². The van der Waals surface area contributed by atoms with Gasteiger partial charge >= 0.3 is 0 Å². The summed E-state index contributed by atoms with van der Waals surface area (Å²) in [4.78, 5) is 17.9. The number of nitrogens with zero attached hydrogens (tertiary/aromatic N) is 2. The third-order valence-corrected chi connectivity index (χ3v) is 4.33.